The average molecular weight is 505 g/mol. The van der Waals surface area contributed by atoms with Gasteiger partial charge in [-0.25, -0.2) is 0 Å². The Hall–Kier alpha value is -0.420. The number of hydrogen-bond donors (Lipinski definition) is 1. The predicted molar refractivity (Wildman–Crippen MR) is 147 cm³/mol. The molecule has 0 aromatic carbocycles. The van der Waals surface area contributed by atoms with Crippen LogP contribution in [0.4, 0.5) is 0 Å². The third kappa shape index (κ3) is 6.41. The molecule has 4 aliphatic carbocycles. The van der Waals surface area contributed by atoms with Crippen molar-refractivity contribution in [3.8, 4) is 0 Å². The molecule has 0 amide bonds. The minimum atomic E-state index is 0.0697. The van der Waals surface area contributed by atoms with Crippen molar-refractivity contribution < 1.29 is 19.3 Å². The maximum Gasteiger partial charge on any atom is 0.0704 e. The van der Waals surface area contributed by atoms with Gasteiger partial charge in [-0.2, -0.15) is 0 Å². The minimum absolute atomic E-state index is 0.0697. The van der Waals surface area contributed by atoms with Crippen LogP contribution in [0.2, 0.25) is 0 Å². The van der Waals surface area contributed by atoms with Gasteiger partial charge in [0.05, 0.1) is 45.7 Å². The lowest BCUT2D eigenvalue weighted by molar-refractivity contribution is -0.0650. The second-order valence-corrected chi connectivity index (χ2v) is 13.4. The SMILES string of the molecule is CC(C)CCCCC1CCC2C3CC=C4CC(OCCOCCOCCO)CCC4(C)C3CCC12C. The van der Waals surface area contributed by atoms with Crippen LogP contribution in [0.3, 0.4) is 0 Å². The number of aliphatic hydroxyl groups is 1. The van der Waals surface area contributed by atoms with Crippen LogP contribution in [-0.4, -0.2) is 50.9 Å². The molecular weight excluding hydrogens is 448 g/mol. The molecule has 7 atom stereocenters. The van der Waals surface area contributed by atoms with Crippen LogP contribution in [0.25, 0.3) is 0 Å². The summed E-state index contributed by atoms with van der Waals surface area (Å²) in [5.74, 6) is 4.58. The zero-order valence-electron chi connectivity index (χ0n) is 23.9. The Labute approximate surface area is 221 Å². The van der Waals surface area contributed by atoms with E-state index in [-0.39, 0.29) is 6.61 Å². The second kappa shape index (κ2) is 13.1. The lowest BCUT2D eigenvalue weighted by Gasteiger charge is -2.58. The third-order valence-electron chi connectivity index (χ3n) is 11.0. The van der Waals surface area contributed by atoms with Crippen LogP contribution in [0.15, 0.2) is 11.6 Å². The van der Waals surface area contributed by atoms with E-state index in [4.69, 9.17) is 19.3 Å². The summed E-state index contributed by atoms with van der Waals surface area (Å²) < 4.78 is 17.1. The first-order valence-electron chi connectivity index (χ1n) is 15.5. The lowest BCUT2D eigenvalue weighted by Crippen LogP contribution is -2.50. The van der Waals surface area contributed by atoms with Crippen molar-refractivity contribution in [1.29, 1.82) is 0 Å². The molecule has 0 aromatic heterocycles. The van der Waals surface area contributed by atoms with Crippen molar-refractivity contribution in [1.82, 2.24) is 0 Å². The van der Waals surface area contributed by atoms with Gasteiger partial charge in [0.15, 0.2) is 0 Å². The van der Waals surface area contributed by atoms with Gasteiger partial charge >= 0.3 is 0 Å². The van der Waals surface area contributed by atoms with Gasteiger partial charge in [-0.1, -0.05) is 58.6 Å². The number of rotatable bonds is 14. The largest absolute Gasteiger partial charge is 0.394 e. The lowest BCUT2D eigenvalue weighted by atomic mass is 9.47. The Morgan fingerprint density at radius 2 is 1.69 bits per heavy atom. The smallest absolute Gasteiger partial charge is 0.0704 e. The minimum Gasteiger partial charge on any atom is -0.394 e. The van der Waals surface area contributed by atoms with Crippen molar-refractivity contribution in [3.63, 3.8) is 0 Å². The zero-order valence-corrected chi connectivity index (χ0v) is 23.9. The van der Waals surface area contributed by atoms with Crippen LogP contribution < -0.4 is 0 Å². The summed E-state index contributed by atoms with van der Waals surface area (Å²) in [5, 5.41) is 8.74. The van der Waals surface area contributed by atoms with E-state index in [1.807, 2.05) is 0 Å². The van der Waals surface area contributed by atoms with Crippen molar-refractivity contribution in [3.05, 3.63) is 11.6 Å². The fraction of sp³-hybridized carbons (Fsp3) is 0.938. The fourth-order valence-electron chi connectivity index (χ4n) is 8.96. The highest BCUT2D eigenvalue weighted by Crippen LogP contribution is 2.66. The van der Waals surface area contributed by atoms with Gasteiger partial charge in [0.1, 0.15) is 0 Å². The van der Waals surface area contributed by atoms with Crippen LogP contribution in [0.5, 0.6) is 0 Å². The molecule has 0 spiro atoms. The number of ether oxygens (including phenoxy) is 3. The van der Waals surface area contributed by atoms with E-state index in [9.17, 15) is 0 Å². The summed E-state index contributed by atoms with van der Waals surface area (Å²) in [6.45, 7) is 12.9. The van der Waals surface area contributed by atoms with E-state index < -0.39 is 0 Å². The van der Waals surface area contributed by atoms with Crippen molar-refractivity contribution in [2.24, 2.45) is 40.4 Å². The first-order valence-corrected chi connectivity index (χ1v) is 15.5. The number of unbranched alkanes of at least 4 members (excludes halogenated alkanes) is 1. The molecule has 0 bridgehead atoms. The average Bonchev–Trinajstić information content (AvgIpc) is 3.19. The molecule has 4 nitrogen and oxygen atoms in total. The molecule has 0 heterocycles. The maximum atomic E-state index is 8.74. The van der Waals surface area contributed by atoms with E-state index in [1.165, 1.54) is 70.6 Å². The zero-order chi connectivity index (χ0) is 25.6. The molecule has 0 aromatic rings. The van der Waals surface area contributed by atoms with Gasteiger partial charge in [-0.3, -0.25) is 0 Å². The Bertz CT molecular complexity index is 704. The first-order chi connectivity index (χ1) is 17.4. The van der Waals surface area contributed by atoms with E-state index in [0.717, 1.165) is 36.0 Å². The molecule has 4 heteroatoms. The van der Waals surface area contributed by atoms with Gasteiger partial charge in [-0.05, 0) is 98.2 Å². The van der Waals surface area contributed by atoms with Crippen LogP contribution in [-0.2, 0) is 14.2 Å². The summed E-state index contributed by atoms with van der Waals surface area (Å²) in [4.78, 5) is 0. The number of allylic oxidation sites excluding steroid dienone is 1. The van der Waals surface area contributed by atoms with Gasteiger partial charge in [0.25, 0.3) is 0 Å². The topological polar surface area (TPSA) is 47.9 Å². The van der Waals surface area contributed by atoms with Crippen molar-refractivity contribution in [2.45, 2.75) is 111 Å². The van der Waals surface area contributed by atoms with E-state index in [2.05, 4.69) is 33.8 Å². The molecule has 36 heavy (non-hydrogen) atoms. The molecule has 3 fully saturated rings. The first kappa shape index (κ1) is 28.6. The summed E-state index contributed by atoms with van der Waals surface area (Å²) in [7, 11) is 0. The fourth-order valence-corrected chi connectivity index (χ4v) is 8.96. The highest BCUT2D eigenvalue weighted by Gasteiger charge is 2.58. The van der Waals surface area contributed by atoms with E-state index in [0.29, 0.717) is 50.0 Å². The van der Waals surface area contributed by atoms with Gasteiger partial charge in [0.2, 0.25) is 0 Å². The van der Waals surface area contributed by atoms with Crippen LogP contribution in [0.1, 0.15) is 105 Å². The summed E-state index contributed by atoms with van der Waals surface area (Å²) in [6.07, 6.45) is 19.6. The molecule has 0 saturated heterocycles. The highest BCUT2D eigenvalue weighted by molar-refractivity contribution is 5.25. The van der Waals surface area contributed by atoms with Crippen molar-refractivity contribution >= 4 is 0 Å². The third-order valence-corrected chi connectivity index (χ3v) is 11.0. The van der Waals surface area contributed by atoms with Crippen LogP contribution >= 0.6 is 0 Å². The molecule has 0 radical (unpaired) electrons. The summed E-state index contributed by atoms with van der Waals surface area (Å²) in [5.41, 5.74) is 2.72. The highest BCUT2D eigenvalue weighted by atomic mass is 16.5. The number of fused-ring (bicyclic) bond motifs is 5. The standard InChI is InChI=1S/C32H56O4/c1-24(2)7-5-6-8-25-10-12-29-28-11-9-26-23-27(36-22-21-35-20-19-34-18-17-33)13-15-32(26,4)30(28)14-16-31(25,29)3/h9,24-25,27-30,33H,5-8,10-23H2,1-4H3. The molecule has 0 aliphatic heterocycles. The molecule has 208 valence electrons. The van der Waals surface area contributed by atoms with Gasteiger partial charge in [0, 0.05) is 0 Å². The Morgan fingerprint density at radius 1 is 0.917 bits per heavy atom. The Balaban J connectivity index is 1.26. The number of aliphatic hydroxyl groups excluding tert-OH is 1. The second-order valence-electron chi connectivity index (χ2n) is 13.4. The monoisotopic (exact) mass is 504 g/mol. The quantitative estimate of drug-likeness (QED) is 0.201. The summed E-state index contributed by atoms with van der Waals surface area (Å²) in [6, 6.07) is 0. The molecule has 1 N–H and O–H groups in total. The Kier molecular flexibility index (Phi) is 10.4. The molecule has 4 aliphatic rings. The van der Waals surface area contributed by atoms with Gasteiger partial charge < -0.3 is 19.3 Å². The molecular formula is C32H56O4. The van der Waals surface area contributed by atoms with Crippen molar-refractivity contribution in [2.75, 3.05) is 39.6 Å². The van der Waals surface area contributed by atoms with E-state index >= 15 is 0 Å². The molecule has 3 saturated carbocycles. The van der Waals surface area contributed by atoms with Crippen LogP contribution in [0, 0.1) is 40.4 Å². The van der Waals surface area contributed by atoms with Gasteiger partial charge in [-0.15, -0.1) is 0 Å². The maximum absolute atomic E-state index is 8.74. The molecule has 7 unspecified atom stereocenters. The Morgan fingerprint density at radius 3 is 2.47 bits per heavy atom. The summed E-state index contributed by atoms with van der Waals surface area (Å²) >= 11 is 0. The predicted octanol–water partition coefficient (Wildman–Crippen LogP) is 7.19. The number of hydrogen-bond acceptors (Lipinski definition) is 4. The molecule has 4 rings (SSSR count). The normalized spacial score (nSPS) is 37.9. The van der Waals surface area contributed by atoms with E-state index in [1.54, 1.807) is 5.57 Å².